The van der Waals surface area contributed by atoms with Crippen molar-refractivity contribution in [3.63, 3.8) is 0 Å². The predicted molar refractivity (Wildman–Crippen MR) is 429 cm³/mol. The lowest BCUT2D eigenvalue weighted by Gasteiger charge is -2.48. The Morgan fingerprint density at radius 1 is 0.346 bits per heavy atom. The van der Waals surface area contributed by atoms with Crippen molar-refractivity contribution in [2.75, 3.05) is 26.4 Å². The molecule has 0 spiro atoms. The van der Waals surface area contributed by atoms with Crippen molar-refractivity contribution in [1.29, 1.82) is 0 Å². The van der Waals surface area contributed by atoms with Crippen LogP contribution in [-0.4, -0.2) is 193 Å². The minimum atomic E-state index is -1.98. The van der Waals surface area contributed by atoms with E-state index in [4.69, 9.17) is 28.4 Å². The Kier molecular flexibility index (Phi) is 62.3. The molecule has 19 nitrogen and oxygen atoms in total. The number of amides is 1. The molecule has 0 aromatic heterocycles. The van der Waals surface area contributed by atoms with Crippen molar-refractivity contribution in [2.24, 2.45) is 0 Å². The Balaban J connectivity index is 1.34. The molecule has 17 unspecified atom stereocenters. The monoisotopic (exact) mass is 1520 g/mol. The lowest BCUT2D eigenvalue weighted by molar-refractivity contribution is -0.379. The molecular formula is C88H159NO18. The van der Waals surface area contributed by atoms with Crippen LogP contribution in [0.25, 0.3) is 0 Å². The van der Waals surface area contributed by atoms with Crippen LogP contribution in [0.15, 0.2) is 72.9 Å². The Morgan fingerprint density at radius 2 is 0.645 bits per heavy atom. The molecular weight excluding hydrogens is 1360 g/mol. The summed E-state index contributed by atoms with van der Waals surface area (Å²) in [4.78, 5) is 13.5. The molecule has 0 aliphatic carbocycles. The van der Waals surface area contributed by atoms with Crippen molar-refractivity contribution in [3.8, 4) is 0 Å². The maximum Gasteiger partial charge on any atom is 0.220 e. The molecule has 0 saturated carbocycles. The van der Waals surface area contributed by atoms with Crippen molar-refractivity contribution in [1.82, 2.24) is 5.32 Å². The minimum Gasteiger partial charge on any atom is -0.394 e. The second-order valence-electron chi connectivity index (χ2n) is 31.0. The molecule has 107 heavy (non-hydrogen) atoms. The lowest BCUT2D eigenvalue weighted by Crippen LogP contribution is -2.66. The average molecular weight is 1520 g/mol. The zero-order chi connectivity index (χ0) is 77.4. The molecule has 0 radical (unpaired) electrons. The third-order valence-corrected chi connectivity index (χ3v) is 21.5. The molecule has 1 amide bonds. The van der Waals surface area contributed by atoms with Gasteiger partial charge in [-0.1, -0.05) is 350 Å². The first-order valence-corrected chi connectivity index (χ1v) is 43.7. The van der Waals surface area contributed by atoms with Gasteiger partial charge < -0.3 is 89.9 Å². The number of aliphatic hydroxyl groups excluding tert-OH is 11. The third kappa shape index (κ3) is 46.9. The number of rotatable bonds is 70. The first-order valence-electron chi connectivity index (χ1n) is 43.7. The molecule has 3 aliphatic rings. The van der Waals surface area contributed by atoms with E-state index < -0.39 is 124 Å². The van der Waals surface area contributed by atoms with Gasteiger partial charge in [-0.05, 0) is 64.2 Å². The van der Waals surface area contributed by atoms with E-state index in [1.165, 1.54) is 244 Å². The molecule has 3 rings (SSSR count). The summed E-state index contributed by atoms with van der Waals surface area (Å²) >= 11 is 0. The normalized spacial score (nSPS) is 25.9. The van der Waals surface area contributed by atoms with E-state index in [1.54, 1.807) is 6.08 Å². The SMILES string of the molecule is CC/C=C\C/C=C\C/C=C\C/C=C\C/C=C\CCCCCCCCCCCCCCCCCCCC(=O)NC(COC1OC(CO)C(OC2OC(CO)C(OC3OC(CO)C(O)C(O)C3O)C(O)C2O)C(O)C1O)C(O)/C=C/CCCCCCCCCCCCCCCCCCCCCCCCCCCCC. The molecule has 3 fully saturated rings. The largest absolute Gasteiger partial charge is 0.394 e. The second-order valence-corrected chi connectivity index (χ2v) is 31.0. The predicted octanol–water partition coefficient (Wildman–Crippen LogP) is 16.0. The highest BCUT2D eigenvalue weighted by atomic mass is 16.8. The van der Waals surface area contributed by atoms with Crippen LogP contribution in [-0.2, 0) is 33.2 Å². The molecule has 0 aromatic carbocycles. The number of carbonyl (C=O) groups is 1. The van der Waals surface area contributed by atoms with Crippen LogP contribution in [0.1, 0.15) is 348 Å². The summed E-state index contributed by atoms with van der Waals surface area (Å²) < 4.78 is 34.5. The third-order valence-electron chi connectivity index (χ3n) is 21.5. The van der Waals surface area contributed by atoms with Gasteiger partial charge in [0.15, 0.2) is 18.9 Å². The first-order chi connectivity index (χ1) is 52.3. The van der Waals surface area contributed by atoms with Gasteiger partial charge in [0.25, 0.3) is 0 Å². The highest BCUT2D eigenvalue weighted by Crippen LogP contribution is 2.33. The van der Waals surface area contributed by atoms with Gasteiger partial charge >= 0.3 is 0 Å². The topological polar surface area (TPSA) is 307 Å². The van der Waals surface area contributed by atoms with Gasteiger partial charge in [-0.15, -0.1) is 0 Å². The molecule has 12 N–H and O–H groups in total. The Hall–Kier alpha value is -2.77. The number of hydrogen-bond donors (Lipinski definition) is 12. The standard InChI is InChI=1S/C88H159NO18/c1-3-5-7-9-11-13-15-17-19-21-23-25-27-29-31-33-34-35-36-38-40-42-44-46-48-50-52-54-56-58-60-62-64-66-76(94)89-71(72(93)65-63-61-59-57-55-53-51-49-47-45-43-41-39-37-32-30-28-26-24-22-20-18-16-14-12-10-8-6-4-2)70-102-86-82(100)79(97)84(74(68-91)104-86)107-88-83(101)80(98)85(75(69-92)105-88)106-87-81(99)78(96)77(95)73(67-90)103-87/h5,7,11,13,17,19,23,25,29,31,63,65,71-75,77-88,90-93,95-101H,3-4,6,8-10,12,14-16,18,20-22,24,26-28,30,32-62,64,66-70H2,1-2H3,(H,89,94)/b7-5-,13-11-,19-17-,25-23-,31-29-,65-63+. The summed E-state index contributed by atoms with van der Waals surface area (Å²) in [5, 5.41) is 121. The van der Waals surface area contributed by atoms with E-state index in [0.717, 1.165) is 77.0 Å². The van der Waals surface area contributed by atoms with Crippen molar-refractivity contribution < 1.29 is 89.4 Å². The summed E-state index contributed by atoms with van der Waals surface area (Å²) in [6.45, 7) is 1.67. The highest BCUT2D eigenvalue weighted by molar-refractivity contribution is 5.76. The Labute approximate surface area is 648 Å². The van der Waals surface area contributed by atoms with Gasteiger partial charge in [0, 0.05) is 6.42 Å². The number of nitrogens with one attached hydrogen (secondary N) is 1. The maximum absolute atomic E-state index is 13.5. The molecule has 0 aromatic rings. The number of unbranched alkanes of at least 4 members (excludes halogenated alkanes) is 44. The molecule has 17 atom stereocenters. The number of aliphatic hydroxyl groups is 11. The van der Waals surface area contributed by atoms with E-state index in [0.29, 0.717) is 6.42 Å². The van der Waals surface area contributed by atoms with Crippen molar-refractivity contribution in [2.45, 2.75) is 452 Å². The zero-order valence-electron chi connectivity index (χ0n) is 67.1. The maximum atomic E-state index is 13.5. The van der Waals surface area contributed by atoms with Gasteiger partial charge in [0.05, 0.1) is 38.6 Å². The fraction of sp³-hybridized carbons (Fsp3) is 0.852. The molecule has 19 heteroatoms. The summed E-state index contributed by atoms with van der Waals surface area (Å²) in [5.74, 6) is -0.272. The van der Waals surface area contributed by atoms with Gasteiger partial charge in [-0.25, -0.2) is 0 Å². The van der Waals surface area contributed by atoms with E-state index >= 15 is 0 Å². The number of carbonyl (C=O) groups excluding carboxylic acids is 1. The number of allylic oxidation sites excluding steroid dienone is 11. The molecule has 3 saturated heterocycles. The quantitative estimate of drug-likeness (QED) is 0.0199. The lowest BCUT2D eigenvalue weighted by atomic mass is 9.96. The van der Waals surface area contributed by atoms with Crippen LogP contribution >= 0.6 is 0 Å². The van der Waals surface area contributed by atoms with Crippen LogP contribution < -0.4 is 5.32 Å². The average Bonchev–Trinajstić information content (AvgIpc) is 0.782. The first kappa shape index (κ1) is 98.4. The Morgan fingerprint density at radius 3 is 1.01 bits per heavy atom. The summed E-state index contributed by atoms with van der Waals surface area (Å²) in [6.07, 6.45) is 63.2. The van der Waals surface area contributed by atoms with Crippen LogP contribution in [0.3, 0.4) is 0 Å². The van der Waals surface area contributed by atoms with Gasteiger partial charge in [-0.2, -0.15) is 0 Å². The molecule has 3 aliphatic heterocycles. The fourth-order valence-electron chi connectivity index (χ4n) is 14.6. The Bertz CT molecular complexity index is 2210. The van der Waals surface area contributed by atoms with Crippen LogP contribution in [0.4, 0.5) is 0 Å². The zero-order valence-corrected chi connectivity index (χ0v) is 67.1. The van der Waals surface area contributed by atoms with E-state index in [1.807, 2.05) is 6.08 Å². The van der Waals surface area contributed by atoms with Crippen LogP contribution in [0.2, 0.25) is 0 Å². The van der Waals surface area contributed by atoms with Gasteiger partial charge in [0.1, 0.15) is 73.2 Å². The van der Waals surface area contributed by atoms with Crippen molar-refractivity contribution >= 4 is 5.91 Å². The van der Waals surface area contributed by atoms with Crippen molar-refractivity contribution in [3.05, 3.63) is 72.9 Å². The van der Waals surface area contributed by atoms with Crippen LogP contribution in [0, 0.1) is 0 Å². The number of ether oxygens (including phenoxy) is 6. The van der Waals surface area contributed by atoms with E-state index in [2.05, 4.69) is 79.9 Å². The van der Waals surface area contributed by atoms with Gasteiger partial charge in [0.2, 0.25) is 5.91 Å². The number of hydrogen-bond acceptors (Lipinski definition) is 18. The summed E-state index contributed by atoms with van der Waals surface area (Å²) in [6, 6.07) is -0.977. The van der Waals surface area contributed by atoms with E-state index in [-0.39, 0.29) is 18.9 Å². The van der Waals surface area contributed by atoms with E-state index in [9.17, 15) is 61.0 Å². The fourth-order valence-corrected chi connectivity index (χ4v) is 14.6. The molecule has 0 bridgehead atoms. The molecule has 624 valence electrons. The summed E-state index contributed by atoms with van der Waals surface area (Å²) in [7, 11) is 0. The molecule has 3 heterocycles. The second kappa shape index (κ2) is 67.7. The highest BCUT2D eigenvalue weighted by Gasteiger charge is 2.54. The van der Waals surface area contributed by atoms with Gasteiger partial charge in [-0.3, -0.25) is 4.79 Å². The minimum absolute atomic E-state index is 0.243. The summed E-state index contributed by atoms with van der Waals surface area (Å²) in [5.41, 5.74) is 0. The van der Waals surface area contributed by atoms with Crippen LogP contribution in [0.5, 0.6) is 0 Å². The smallest absolute Gasteiger partial charge is 0.220 e.